The summed E-state index contributed by atoms with van der Waals surface area (Å²) in [7, 11) is 0. The molecule has 148 valence electrons. The zero-order valence-corrected chi connectivity index (χ0v) is 15.2. The number of hydrogen-bond acceptors (Lipinski definition) is 4. The number of rotatable bonds is 5. The van der Waals surface area contributed by atoms with Crippen LogP contribution in [0.25, 0.3) is 0 Å². The van der Waals surface area contributed by atoms with Crippen LogP contribution in [-0.2, 0) is 6.18 Å². The summed E-state index contributed by atoms with van der Waals surface area (Å²) < 4.78 is 43.3. The molecule has 3 aromatic rings. The van der Waals surface area contributed by atoms with Crippen molar-refractivity contribution in [2.45, 2.75) is 13.1 Å². The molecule has 1 amide bonds. The van der Waals surface area contributed by atoms with Gasteiger partial charge in [-0.25, -0.2) is 4.98 Å². The molecule has 3 rings (SSSR count). The Balaban J connectivity index is 1.63. The van der Waals surface area contributed by atoms with Crippen molar-refractivity contribution >= 4 is 17.4 Å². The van der Waals surface area contributed by atoms with Crippen LogP contribution in [0.5, 0.6) is 11.6 Å². The smallest absolute Gasteiger partial charge is 0.416 e. The van der Waals surface area contributed by atoms with E-state index in [-0.39, 0.29) is 22.9 Å². The highest BCUT2D eigenvalue weighted by Crippen LogP contribution is 2.30. The van der Waals surface area contributed by atoms with Crippen LogP contribution in [0.3, 0.4) is 0 Å². The molecule has 0 spiro atoms. The van der Waals surface area contributed by atoms with Gasteiger partial charge in [-0.3, -0.25) is 9.59 Å². The fraction of sp³-hybridized carbons (Fsp3) is 0.0952. The lowest BCUT2D eigenvalue weighted by molar-refractivity contribution is -0.137. The van der Waals surface area contributed by atoms with Crippen LogP contribution in [0, 0.1) is 0 Å². The highest BCUT2D eigenvalue weighted by molar-refractivity contribution is 6.04. The van der Waals surface area contributed by atoms with Crippen LogP contribution in [0.1, 0.15) is 33.2 Å². The monoisotopic (exact) mass is 400 g/mol. The Kier molecular flexibility index (Phi) is 5.63. The fourth-order valence-corrected chi connectivity index (χ4v) is 2.40. The third-order valence-electron chi connectivity index (χ3n) is 3.95. The third kappa shape index (κ3) is 5.19. The summed E-state index contributed by atoms with van der Waals surface area (Å²) in [4.78, 5) is 27.5. The molecule has 1 N–H and O–H groups in total. The molecule has 5 nitrogen and oxygen atoms in total. The van der Waals surface area contributed by atoms with Crippen molar-refractivity contribution in [1.29, 1.82) is 0 Å². The summed E-state index contributed by atoms with van der Waals surface area (Å²) in [5.41, 5.74) is 0.202. The maximum Gasteiger partial charge on any atom is 0.416 e. The summed E-state index contributed by atoms with van der Waals surface area (Å²) in [5.74, 6) is 0.142. The SMILES string of the molecule is CC(=O)c1ccc(Oc2ccc(C(=O)Nc3ccc(C(F)(F)F)cc3)cn2)cc1. The molecular weight excluding hydrogens is 385 g/mol. The van der Waals surface area contributed by atoms with Crippen LogP contribution >= 0.6 is 0 Å². The zero-order valence-electron chi connectivity index (χ0n) is 15.2. The maximum absolute atomic E-state index is 12.6. The van der Waals surface area contributed by atoms with Gasteiger partial charge in [-0.15, -0.1) is 0 Å². The first kappa shape index (κ1) is 20.1. The van der Waals surface area contributed by atoms with Gasteiger partial charge in [0.1, 0.15) is 5.75 Å². The number of amides is 1. The summed E-state index contributed by atoms with van der Waals surface area (Å²) >= 11 is 0. The molecule has 0 radical (unpaired) electrons. The Labute approximate surface area is 164 Å². The number of carbonyl (C=O) groups excluding carboxylic acids is 2. The second-order valence-electron chi connectivity index (χ2n) is 6.10. The number of ketones is 1. The number of hydrogen-bond donors (Lipinski definition) is 1. The van der Waals surface area contributed by atoms with Gasteiger partial charge in [0.2, 0.25) is 5.88 Å². The molecule has 1 aromatic heterocycles. The van der Waals surface area contributed by atoms with E-state index in [4.69, 9.17) is 4.74 Å². The largest absolute Gasteiger partial charge is 0.439 e. The number of pyridine rings is 1. The number of benzene rings is 2. The Morgan fingerprint density at radius 1 is 0.897 bits per heavy atom. The van der Waals surface area contributed by atoms with Gasteiger partial charge in [0.05, 0.1) is 11.1 Å². The molecule has 0 aliphatic heterocycles. The van der Waals surface area contributed by atoms with Crippen molar-refractivity contribution in [3.63, 3.8) is 0 Å². The average Bonchev–Trinajstić information content (AvgIpc) is 2.68. The number of ether oxygens (including phenoxy) is 1. The number of Topliss-reactive ketones (excluding diaryl/α,β-unsaturated/α-hetero) is 1. The van der Waals surface area contributed by atoms with Gasteiger partial charge < -0.3 is 10.1 Å². The third-order valence-corrected chi connectivity index (χ3v) is 3.95. The zero-order chi connectivity index (χ0) is 21.0. The first-order valence-electron chi connectivity index (χ1n) is 8.46. The molecule has 0 saturated heterocycles. The molecule has 29 heavy (non-hydrogen) atoms. The Hall–Kier alpha value is -3.68. The Morgan fingerprint density at radius 2 is 1.52 bits per heavy atom. The number of alkyl halides is 3. The molecule has 0 atom stereocenters. The van der Waals surface area contributed by atoms with Crippen molar-refractivity contribution in [2.24, 2.45) is 0 Å². The molecule has 0 aliphatic rings. The lowest BCUT2D eigenvalue weighted by Crippen LogP contribution is -2.12. The maximum atomic E-state index is 12.6. The predicted molar refractivity (Wildman–Crippen MR) is 100 cm³/mol. The van der Waals surface area contributed by atoms with E-state index in [1.54, 1.807) is 24.3 Å². The predicted octanol–water partition coefficient (Wildman–Crippen LogP) is 5.35. The van der Waals surface area contributed by atoms with Crippen LogP contribution in [-0.4, -0.2) is 16.7 Å². The Bertz CT molecular complexity index is 1010. The van der Waals surface area contributed by atoms with Gasteiger partial charge >= 0.3 is 6.18 Å². The second-order valence-corrected chi connectivity index (χ2v) is 6.10. The van der Waals surface area contributed by atoms with Gasteiger partial charge in [0.25, 0.3) is 5.91 Å². The number of carbonyl (C=O) groups is 2. The molecular formula is C21H15F3N2O3. The van der Waals surface area contributed by atoms with Crippen molar-refractivity contribution < 1.29 is 27.5 Å². The molecule has 2 aromatic carbocycles. The van der Waals surface area contributed by atoms with E-state index in [9.17, 15) is 22.8 Å². The summed E-state index contributed by atoms with van der Waals surface area (Å²) in [6.07, 6.45) is -3.15. The molecule has 8 heteroatoms. The summed E-state index contributed by atoms with van der Waals surface area (Å²) in [6.45, 7) is 1.46. The minimum atomic E-state index is -4.44. The van der Waals surface area contributed by atoms with Gasteiger partial charge in [-0.05, 0) is 61.5 Å². The van der Waals surface area contributed by atoms with E-state index < -0.39 is 17.6 Å². The highest BCUT2D eigenvalue weighted by Gasteiger charge is 2.30. The van der Waals surface area contributed by atoms with E-state index in [0.717, 1.165) is 12.1 Å². The van der Waals surface area contributed by atoms with Crippen LogP contribution < -0.4 is 10.1 Å². The van der Waals surface area contributed by atoms with Crippen molar-refractivity contribution in [3.8, 4) is 11.6 Å². The number of nitrogens with zero attached hydrogens (tertiary/aromatic N) is 1. The molecule has 0 unspecified atom stereocenters. The van der Waals surface area contributed by atoms with Gasteiger partial charge in [0, 0.05) is 23.5 Å². The quantitative estimate of drug-likeness (QED) is 0.587. The van der Waals surface area contributed by atoms with E-state index >= 15 is 0 Å². The molecule has 0 bridgehead atoms. The number of aromatic nitrogens is 1. The summed E-state index contributed by atoms with van der Waals surface area (Å²) in [6, 6.07) is 13.6. The molecule has 1 heterocycles. The normalized spacial score (nSPS) is 11.0. The first-order valence-corrected chi connectivity index (χ1v) is 8.46. The minimum absolute atomic E-state index is 0.0573. The number of nitrogens with one attached hydrogen (secondary N) is 1. The van der Waals surface area contributed by atoms with Crippen LogP contribution in [0.2, 0.25) is 0 Å². The van der Waals surface area contributed by atoms with Crippen LogP contribution in [0.4, 0.5) is 18.9 Å². The molecule has 0 saturated carbocycles. The van der Waals surface area contributed by atoms with Crippen molar-refractivity contribution in [3.05, 3.63) is 83.6 Å². The van der Waals surface area contributed by atoms with Gasteiger partial charge in [-0.1, -0.05) is 0 Å². The lowest BCUT2D eigenvalue weighted by atomic mass is 10.1. The molecule has 0 aliphatic carbocycles. The highest BCUT2D eigenvalue weighted by atomic mass is 19.4. The van der Waals surface area contributed by atoms with Gasteiger partial charge in [0.15, 0.2) is 5.78 Å². The Morgan fingerprint density at radius 3 is 2.03 bits per heavy atom. The minimum Gasteiger partial charge on any atom is -0.439 e. The topological polar surface area (TPSA) is 68.3 Å². The van der Waals surface area contributed by atoms with Gasteiger partial charge in [-0.2, -0.15) is 13.2 Å². The van der Waals surface area contributed by atoms with Crippen molar-refractivity contribution in [1.82, 2.24) is 4.98 Å². The van der Waals surface area contributed by atoms with E-state index in [2.05, 4.69) is 10.3 Å². The molecule has 0 fully saturated rings. The first-order chi connectivity index (χ1) is 13.7. The average molecular weight is 400 g/mol. The van der Waals surface area contributed by atoms with Crippen LogP contribution in [0.15, 0.2) is 66.9 Å². The van der Waals surface area contributed by atoms with E-state index in [0.29, 0.717) is 11.3 Å². The number of halogens is 3. The summed E-state index contributed by atoms with van der Waals surface area (Å²) in [5, 5.41) is 2.50. The number of anilines is 1. The van der Waals surface area contributed by atoms with E-state index in [1.165, 1.54) is 37.4 Å². The second kappa shape index (κ2) is 8.14. The fourth-order valence-electron chi connectivity index (χ4n) is 2.40. The van der Waals surface area contributed by atoms with E-state index in [1.807, 2.05) is 0 Å². The standard InChI is InChI=1S/C21H15F3N2O3/c1-13(27)14-2-9-18(10-3-14)29-19-11-4-15(12-25-19)20(28)26-17-7-5-16(6-8-17)21(22,23)24/h2-12H,1H3,(H,26,28). The van der Waals surface area contributed by atoms with Crippen molar-refractivity contribution in [2.75, 3.05) is 5.32 Å². The lowest BCUT2D eigenvalue weighted by Gasteiger charge is -2.09.